The molecule has 1 unspecified atom stereocenters. The Morgan fingerprint density at radius 2 is 1.82 bits per heavy atom. The summed E-state index contributed by atoms with van der Waals surface area (Å²) in [5.41, 5.74) is 4.97. The molecular weight excluding hydrogens is 302 g/mol. The second-order valence-electron chi connectivity index (χ2n) is 5.12. The second kappa shape index (κ2) is 8.70. The van der Waals surface area contributed by atoms with Crippen LogP contribution in [0.3, 0.4) is 0 Å². The normalized spacial score (nSPS) is 35.1. The van der Waals surface area contributed by atoms with Crippen molar-refractivity contribution in [2.45, 2.75) is 55.8 Å². The Kier molecular flexibility index (Phi) is 7.59. The fourth-order valence-electron chi connectivity index (χ4n) is 2.17. The molecule has 1 aliphatic heterocycles. The fourth-order valence-corrected chi connectivity index (χ4v) is 2.17. The van der Waals surface area contributed by atoms with Crippen LogP contribution in [-0.4, -0.2) is 92.7 Å². The number of hydrogen-bond acceptors (Lipinski definition) is 9. The third-order valence-corrected chi connectivity index (χ3v) is 3.41. The van der Waals surface area contributed by atoms with Crippen LogP contribution in [0.15, 0.2) is 0 Å². The summed E-state index contributed by atoms with van der Waals surface area (Å²) in [4.78, 5) is 10.8. The quantitative estimate of drug-likeness (QED) is 0.232. The van der Waals surface area contributed by atoms with Gasteiger partial charge in [-0.3, -0.25) is 4.79 Å². The molecule has 1 fully saturated rings. The highest BCUT2D eigenvalue weighted by atomic mass is 16.7. The van der Waals surface area contributed by atoms with Gasteiger partial charge in [-0.25, -0.2) is 0 Å². The molecule has 0 radical (unpaired) electrons. The SMILES string of the molecule is NC(=O)C[C@@H](O)[C@@H](CCO)O[C@@H]1OC(CO)[C@H](O)[C@H](O)[C@H]1O. The van der Waals surface area contributed by atoms with Gasteiger partial charge in [0, 0.05) is 6.61 Å². The van der Waals surface area contributed by atoms with Crippen LogP contribution in [-0.2, 0) is 14.3 Å². The maximum atomic E-state index is 10.8. The number of rotatable bonds is 8. The van der Waals surface area contributed by atoms with Crippen LogP contribution in [0.25, 0.3) is 0 Å². The van der Waals surface area contributed by atoms with E-state index in [-0.39, 0.29) is 13.0 Å². The van der Waals surface area contributed by atoms with E-state index in [4.69, 9.17) is 25.4 Å². The Balaban J connectivity index is 2.76. The number of primary amides is 1. The highest BCUT2D eigenvalue weighted by molar-refractivity contribution is 5.74. The number of carbonyl (C=O) groups is 1. The lowest BCUT2D eigenvalue weighted by molar-refractivity contribution is -0.317. The van der Waals surface area contributed by atoms with E-state index in [9.17, 15) is 25.2 Å². The summed E-state index contributed by atoms with van der Waals surface area (Å²) in [6.45, 7) is -1.00. The van der Waals surface area contributed by atoms with Crippen molar-refractivity contribution in [3.63, 3.8) is 0 Å². The Labute approximate surface area is 126 Å². The summed E-state index contributed by atoms with van der Waals surface area (Å²) in [5, 5.41) is 57.0. The Morgan fingerprint density at radius 1 is 1.18 bits per heavy atom. The average Bonchev–Trinajstić information content (AvgIpc) is 2.46. The zero-order valence-corrected chi connectivity index (χ0v) is 11.9. The predicted molar refractivity (Wildman–Crippen MR) is 70.2 cm³/mol. The fraction of sp³-hybridized carbons (Fsp3) is 0.917. The molecule has 22 heavy (non-hydrogen) atoms. The van der Waals surface area contributed by atoms with Gasteiger partial charge in [0.25, 0.3) is 0 Å². The van der Waals surface area contributed by atoms with E-state index >= 15 is 0 Å². The van der Waals surface area contributed by atoms with Crippen molar-refractivity contribution in [1.29, 1.82) is 0 Å². The molecule has 0 aromatic rings. The van der Waals surface area contributed by atoms with Crippen molar-refractivity contribution >= 4 is 5.91 Å². The standard InChI is InChI=1S/C12H23NO9/c13-8(17)3-5(16)6(1-2-14)21-12-11(20)10(19)9(18)7(4-15)22-12/h5-7,9-12,14-16,18-20H,1-4H2,(H2,13,17)/t5-,6-,7?,9+,10+,11-,12-/m1/s1. The number of ether oxygens (including phenoxy) is 2. The molecule has 1 amide bonds. The van der Waals surface area contributed by atoms with Gasteiger partial charge in [0.05, 0.1) is 25.2 Å². The molecule has 0 aromatic carbocycles. The van der Waals surface area contributed by atoms with E-state index in [2.05, 4.69) is 0 Å². The molecule has 1 saturated heterocycles. The number of nitrogens with two attached hydrogens (primary N) is 1. The zero-order chi connectivity index (χ0) is 16.9. The summed E-state index contributed by atoms with van der Waals surface area (Å²) in [6, 6.07) is 0. The van der Waals surface area contributed by atoms with Gasteiger partial charge in [0.1, 0.15) is 24.4 Å². The summed E-state index contributed by atoms with van der Waals surface area (Å²) < 4.78 is 10.4. The minimum absolute atomic E-state index is 0.0799. The third kappa shape index (κ3) is 4.83. The molecule has 10 nitrogen and oxygen atoms in total. The minimum atomic E-state index is -1.64. The van der Waals surface area contributed by atoms with Crippen molar-refractivity contribution < 1.29 is 44.9 Å². The van der Waals surface area contributed by atoms with Crippen LogP contribution in [0.1, 0.15) is 12.8 Å². The monoisotopic (exact) mass is 325 g/mol. The first-order valence-corrected chi connectivity index (χ1v) is 6.85. The first-order chi connectivity index (χ1) is 10.3. The number of hydrogen-bond donors (Lipinski definition) is 7. The maximum Gasteiger partial charge on any atom is 0.220 e. The topological polar surface area (TPSA) is 183 Å². The van der Waals surface area contributed by atoms with E-state index in [1.807, 2.05) is 0 Å². The smallest absolute Gasteiger partial charge is 0.220 e. The molecule has 1 rings (SSSR count). The maximum absolute atomic E-state index is 10.8. The lowest BCUT2D eigenvalue weighted by atomic mass is 9.99. The first kappa shape index (κ1) is 19.2. The highest BCUT2D eigenvalue weighted by Gasteiger charge is 2.45. The molecule has 1 aliphatic rings. The van der Waals surface area contributed by atoms with E-state index in [0.29, 0.717) is 0 Å². The van der Waals surface area contributed by atoms with Gasteiger partial charge in [0.15, 0.2) is 6.29 Å². The molecule has 0 saturated carbocycles. The van der Waals surface area contributed by atoms with E-state index in [1.54, 1.807) is 0 Å². The van der Waals surface area contributed by atoms with Gasteiger partial charge in [-0.05, 0) is 6.42 Å². The van der Waals surface area contributed by atoms with Crippen molar-refractivity contribution in [1.82, 2.24) is 0 Å². The van der Waals surface area contributed by atoms with E-state index < -0.39 is 61.8 Å². The van der Waals surface area contributed by atoms with E-state index in [1.165, 1.54) is 0 Å². The molecule has 0 aliphatic carbocycles. The Bertz CT molecular complexity index is 353. The van der Waals surface area contributed by atoms with Gasteiger partial charge in [-0.2, -0.15) is 0 Å². The van der Waals surface area contributed by atoms with Gasteiger partial charge >= 0.3 is 0 Å². The van der Waals surface area contributed by atoms with Crippen molar-refractivity contribution in [3.8, 4) is 0 Å². The zero-order valence-electron chi connectivity index (χ0n) is 11.9. The molecule has 1 heterocycles. The van der Waals surface area contributed by atoms with Gasteiger partial charge in [0.2, 0.25) is 5.91 Å². The van der Waals surface area contributed by atoms with Crippen LogP contribution in [0.4, 0.5) is 0 Å². The third-order valence-electron chi connectivity index (χ3n) is 3.41. The molecule has 0 spiro atoms. The average molecular weight is 325 g/mol. The Morgan fingerprint density at radius 3 is 2.32 bits per heavy atom. The number of amides is 1. The molecule has 8 N–H and O–H groups in total. The summed E-state index contributed by atoms with van der Waals surface area (Å²) in [6.07, 6.45) is -10.4. The van der Waals surface area contributed by atoms with E-state index in [0.717, 1.165) is 0 Å². The van der Waals surface area contributed by atoms with Crippen LogP contribution in [0.5, 0.6) is 0 Å². The van der Waals surface area contributed by atoms with Crippen molar-refractivity contribution in [3.05, 3.63) is 0 Å². The lowest BCUT2D eigenvalue weighted by Crippen LogP contribution is -2.60. The largest absolute Gasteiger partial charge is 0.396 e. The van der Waals surface area contributed by atoms with Crippen molar-refractivity contribution in [2.24, 2.45) is 5.73 Å². The number of carbonyl (C=O) groups excluding carboxylic acids is 1. The number of aliphatic hydroxyl groups excluding tert-OH is 6. The van der Waals surface area contributed by atoms with Gasteiger partial charge in [-0.1, -0.05) is 0 Å². The molecular formula is C12H23NO9. The van der Waals surface area contributed by atoms with Crippen LogP contribution < -0.4 is 5.73 Å². The van der Waals surface area contributed by atoms with Gasteiger partial charge < -0.3 is 45.8 Å². The summed E-state index contributed by atoms with van der Waals surface area (Å²) >= 11 is 0. The first-order valence-electron chi connectivity index (χ1n) is 6.85. The molecule has 7 atom stereocenters. The molecule has 130 valence electrons. The van der Waals surface area contributed by atoms with Crippen LogP contribution in [0.2, 0.25) is 0 Å². The van der Waals surface area contributed by atoms with Crippen LogP contribution in [0, 0.1) is 0 Å². The predicted octanol–water partition coefficient (Wildman–Crippen LogP) is -4.21. The molecule has 10 heteroatoms. The summed E-state index contributed by atoms with van der Waals surface area (Å²) in [7, 11) is 0. The Hall–Kier alpha value is -0.850. The second-order valence-corrected chi connectivity index (χ2v) is 5.12. The minimum Gasteiger partial charge on any atom is -0.396 e. The molecule has 0 bridgehead atoms. The molecule has 0 aromatic heterocycles. The van der Waals surface area contributed by atoms with Crippen molar-refractivity contribution in [2.75, 3.05) is 13.2 Å². The van der Waals surface area contributed by atoms with Gasteiger partial charge in [-0.15, -0.1) is 0 Å². The highest BCUT2D eigenvalue weighted by Crippen LogP contribution is 2.24. The number of aliphatic hydroxyl groups is 6. The van der Waals surface area contributed by atoms with Crippen LogP contribution >= 0.6 is 0 Å². The lowest BCUT2D eigenvalue weighted by Gasteiger charge is -2.41. The summed E-state index contributed by atoms with van der Waals surface area (Å²) in [5.74, 6) is -0.784.